The number of fused-ring (bicyclic) bond motifs is 1. The monoisotopic (exact) mass is 461 g/mol. The highest BCUT2D eigenvalue weighted by molar-refractivity contribution is 6.33. The predicted octanol–water partition coefficient (Wildman–Crippen LogP) is 4.12. The van der Waals surface area contributed by atoms with Crippen LogP contribution in [-0.4, -0.2) is 32.0 Å². The quantitative estimate of drug-likeness (QED) is 0.590. The van der Waals surface area contributed by atoms with Crippen LogP contribution in [0.25, 0.3) is 11.3 Å². The molecule has 3 heterocycles. The van der Waals surface area contributed by atoms with Gasteiger partial charge in [-0.1, -0.05) is 11.6 Å². The molecule has 14 heteroatoms. The van der Waals surface area contributed by atoms with E-state index in [1.165, 1.54) is 6.07 Å². The van der Waals surface area contributed by atoms with Crippen molar-refractivity contribution in [2.45, 2.75) is 12.5 Å². The summed E-state index contributed by atoms with van der Waals surface area (Å²) >= 11 is 6.07. The molecule has 1 aliphatic heterocycles. The number of alkyl halides is 5. The van der Waals surface area contributed by atoms with Gasteiger partial charge in [-0.25, -0.2) is 4.98 Å². The number of ether oxygens (including phenoxy) is 2. The minimum atomic E-state index is -4.79. The second-order valence-electron chi connectivity index (χ2n) is 6.22. The van der Waals surface area contributed by atoms with Crippen molar-refractivity contribution in [2.24, 2.45) is 7.05 Å². The highest BCUT2D eigenvalue weighted by Gasteiger charge is 2.44. The summed E-state index contributed by atoms with van der Waals surface area (Å²) in [5.41, 5.74) is -1.61. The fraction of sp³-hybridized carbons (Fsp3) is 0.176. The fourth-order valence-corrected chi connectivity index (χ4v) is 3.07. The van der Waals surface area contributed by atoms with Crippen LogP contribution in [0.5, 0.6) is 11.5 Å². The maximum Gasteiger partial charge on any atom is 0.586 e. The summed E-state index contributed by atoms with van der Waals surface area (Å²) in [5.74, 6) is -1.77. The normalized spacial score (nSPS) is 14.5. The summed E-state index contributed by atoms with van der Waals surface area (Å²) in [6.07, 6.45) is -5.63. The first-order chi connectivity index (χ1) is 14.4. The van der Waals surface area contributed by atoms with Crippen molar-refractivity contribution in [1.29, 1.82) is 0 Å². The highest BCUT2D eigenvalue weighted by Crippen LogP contribution is 2.45. The number of benzene rings is 1. The third kappa shape index (κ3) is 3.95. The molecule has 0 aliphatic carbocycles. The third-order valence-electron chi connectivity index (χ3n) is 4.11. The lowest BCUT2D eigenvalue weighted by Gasteiger charge is -2.10. The number of halogens is 6. The van der Waals surface area contributed by atoms with Crippen LogP contribution in [0.15, 0.2) is 30.7 Å². The van der Waals surface area contributed by atoms with Gasteiger partial charge in [-0.2, -0.15) is 18.3 Å². The molecular weight excluding hydrogens is 453 g/mol. The van der Waals surface area contributed by atoms with E-state index in [0.717, 1.165) is 31.7 Å². The van der Waals surface area contributed by atoms with Gasteiger partial charge in [-0.15, -0.1) is 8.78 Å². The van der Waals surface area contributed by atoms with Crippen LogP contribution in [0.1, 0.15) is 16.1 Å². The molecule has 0 atom stereocenters. The number of nitrogens with zero attached hydrogens (tertiary/aromatic N) is 4. The smallest absolute Gasteiger partial charge is 0.395 e. The van der Waals surface area contributed by atoms with E-state index in [-0.39, 0.29) is 33.6 Å². The zero-order chi connectivity index (χ0) is 22.6. The summed E-state index contributed by atoms with van der Waals surface area (Å²) in [5, 5.41) is 5.66. The molecule has 0 saturated heterocycles. The summed E-state index contributed by atoms with van der Waals surface area (Å²) in [6, 6.07) is 2.29. The molecule has 31 heavy (non-hydrogen) atoms. The van der Waals surface area contributed by atoms with Gasteiger partial charge < -0.3 is 14.8 Å². The number of aromatic nitrogens is 4. The molecule has 4 rings (SSSR count). The van der Waals surface area contributed by atoms with E-state index in [1.54, 1.807) is 0 Å². The van der Waals surface area contributed by atoms with Crippen LogP contribution in [0, 0.1) is 0 Å². The molecule has 1 N–H and O–H groups in total. The molecule has 0 radical (unpaired) electrons. The van der Waals surface area contributed by atoms with Crippen molar-refractivity contribution >= 4 is 23.3 Å². The molecule has 0 fully saturated rings. The summed E-state index contributed by atoms with van der Waals surface area (Å²) in [6.45, 7) is 0. The fourth-order valence-electron chi connectivity index (χ4n) is 2.82. The number of carbonyl (C=O) groups is 1. The van der Waals surface area contributed by atoms with Gasteiger partial charge >= 0.3 is 12.5 Å². The Morgan fingerprint density at radius 3 is 2.42 bits per heavy atom. The Kier molecular flexibility index (Phi) is 4.72. The molecule has 0 spiro atoms. The second-order valence-corrected chi connectivity index (χ2v) is 6.62. The summed E-state index contributed by atoms with van der Waals surface area (Å²) in [7, 11) is 1.05. The van der Waals surface area contributed by atoms with Gasteiger partial charge in [0.2, 0.25) is 0 Å². The Bertz CT molecular complexity index is 1180. The summed E-state index contributed by atoms with van der Waals surface area (Å²) in [4.78, 5) is 20.1. The van der Waals surface area contributed by atoms with E-state index in [9.17, 15) is 26.7 Å². The zero-order valence-electron chi connectivity index (χ0n) is 15.2. The van der Waals surface area contributed by atoms with E-state index < -0.39 is 29.6 Å². The number of hydrogen-bond donors (Lipinski definition) is 1. The lowest BCUT2D eigenvalue weighted by Crippen LogP contribution is -2.25. The van der Waals surface area contributed by atoms with Crippen LogP contribution in [0.3, 0.4) is 0 Å². The molecule has 2 aromatic heterocycles. The SMILES string of the molecule is Cn1ncc(C(=O)Nc2cnc(-c3cc4c(cc3Cl)OC(F)(F)O4)cn2)c1C(F)(F)F. The van der Waals surface area contributed by atoms with Gasteiger partial charge in [-0.05, 0) is 6.07 Å². The topological polar surface area (TPSA) is 91.2 Å². The number of anilines is 1. The first-order valence-electron chi connectivity index (χ1n) is 8.27. The molecule has 1 aliphatic rings. The van der Waals surface area contributed by atoms with Crippen LogP contribution in [0.4, 0.5) is 27.8 Å². The molecule has 0 saturated carbocycles. The Labute approximate surface area is 174 Å². The van der Waals surface area contributed by atoms with Crippen molar-refractivity contribution in [1.82, 2.24) is 19.7 Å². The van der Waals surface area contributed by atoms with Crippen molar-refractivity contribution in [3.05, 3.63) is 47.0 Å². The van der Waals surface area contributed by atoms with E-state index in [0.29, 0.717) is 4.68 Å². The lowest BCUT2D eigenvalue weighted by atomic mass is 10.1. The average molecular weight is 462 g/mol. The Morgan fingerprint density at radius 1 is 1.13 bits per heavy atom. The van der Waals surface area contributed by atoms with Crippen molar-refractivity contribution in [3.63, 3.8) is 0 Å². The van der Waals surface area contributed by atoms with Gasteiger partial charge in [0.25, 0.3) is 5.91 Å². The Hall–Kier alpha value is -3.48. The number of aryl methyl sites for hydroxylation is 1. The molecule has 3 aromatic rings. The molecule has 0 unspecified atom stereocenters. The average Bonchev–Trinajstić information content (AvgIpc) is 3.19. The molecule has 0 bridgehead atoms. The van der Waals surface area contributed by atoms with Crippen LogP contribution >= 0.6 is 11.6 Å². The van der Waals surface area contributed by atoms with E-state index in [4.69, 9.17) is 11.6 Å². The zero-order valence-corrected chi connectivity index (χ0v) is 15.9. The molecule has 1 aromatic carbocycles. The maximum absolute atomic E-state index is 13.2. The number of carbonyl (C=O) groups excluding carboxylic acids is 1. The van der Waals surface area contributed by atoms with Crippen molar-refractivity contribution in [2.75, 3.05) is 5.32 Å². The Balaban J connectivity index is 1.56. The van der Waals surface area contributed by atoms with Crippen LogP contribution < -0.4 is 14.8 Å². The minimum Gasteiger partial charge on any atom is -0.395 e. The van der Waals surface area contributed by atoms with Gasteiger partial charge in [-0.3, -0.25) is 14.5 Å². The van der Waals surface area contributed by atoms with E-state index >= 15 is 0 Å². The molecular formula is C17H9ClF5N5O3. The first-order valence-corrected chi connectivity index (χ1v) is 8.65. The largest absolute Gasteiger partial charge is 0.586 e. The lowest BCUT2D eigenvalue weighted by molar-refractivity contribution is -0.286. The predicted molar refractivity (Wildman–Crippen MR) is 94.8 cm³/mol. The van der Waals surface area contributed by atoms with Gasteiger partial charge in [0.15, 0.2) is 23.0 Å². The molecule has 1 amide bonds. The third-order valence-corrected chi connectivity index (χ3v) is 4.42. The summed E-state index contributed by atoms with van der Waals surface area (Å²) < 4.78 is 74.9. The Morgan fingerprint density at radius 2 is 1.81 bits per heavy atom. The maximum atomic E-state index is 13.2. The molecule has 8 nitrogen and oxygen atoms in total. The standard InChI is InChI=1S/C17H9ClF5N5O3/c1-28-14(16(19,20)21)8(4-26-28)15(29)27-13-6-24-10(5-25-13)7-2-11-12(3-9(7)18)31-17(22,23)30-11/h2-6H,1H3,(H,25,27,29). The highest BCUT2D eigenvalue weighted by atomic mass is 35.5. The number of amides is 1. The number of nitrogens with one attached hydrogen (secondary N) is 1. The number of hydrogen-bond acceptors (Lipinski definition) is 6. The van der Waals surface area contributed by atoms with Crippen LogP contribution in [-0.2, 0) is 13.2 Å². The minimum absolute atomic E-state index is 0.0105. The van der Waals surface area contributed by atoms with E-state index in [1.807, 2.05) is 0 Å². The van der Waals surface area contributed by atoms with Gasteiger partial charge in [0.1, 0.15) is 0 Å². The van der Waals surface area contributed by atoms with Gasteiger partial charge in [0, 0.05) is 18.7 Å². The first kappa shape index (κ1) is 20.8. The van der Waals surface area contributed by atoms with Crippen molar-refractivity contribution in [3.8, 4) is 22.8 Å². The number of rotatable bonds is 3. The van der Waals surface area contributed by atoms with Gasteiger partial charge in [0.05, 0.1) is 34.9 Å². The van der Waals surface area contributed by atoms with E-state index in [2.05, 4.69) is 29.9 Å². The molecule has 162 valence electrons. The van der Waals surface area contributed by atoms with Crippen molar-refractivity contribution < 1.29 is 36.2 Å². The van der Waals surface area contributed by atoms with Crippen LogP contribution in [0.2, 0.25) is 5.02 Å². The second kappa shape index (κ2) is 7.04.